The Kier molecular flexibility index (Phi) is 65.5. The van der Waals surface area contributed by atoms with E-state index in [1.165, 1.54) is 276 Å². The van der Waals surface area contributed by atoms with Crippen molar-refractivity contribution in [1.29, 1.82) is 0 Å². The van der Waals surface area contributed by atoms with Crippen LogP contribution in [0.4, 0.5) is 0 Å². The summed E-state index contributed by atoms with van der Waals surface area (Å²) in [5.41, 5.74) is 0. The molecule has 9 heteroatoms. The Hall–Kier alpha value is -0.360. The van der Waals surface area contributed by atoms with Gasteiger partial charge in [-0.1, -0.05) is 285 Å². The van der Waals surface area contributed by atoms with E-state index in [0.29, 0.717) is 38.6 Å². The predicted octanol–water partition coefficient (Wildman–Crippen LogP) is 17.2. The number of rotatable bonds is 69. The zero-order valence-electron chi connectivity index (χ0n) is 54.0. The van der Waals surface area contributed by atoms with Crippen molar-refractivity contribution < 1.29 is 15.3 Å². The average molecular weight is 1110 g/mol. The molecule has 0 fully saturated rings. The van der Waals surface area contributed by atoms with Crippen molar-refractivity contribution in [2.75, 3.05) is 78.5 Å². The summed E-state index contributed by atoms with van der Waals surface area (Å²) in [6, 6.07) is 0.498. The maximum atomic E-state index is 11.3. The third kappa shape index (κ3) is 61.7. The number of nitrogens with zero attached hydrogens (tertiary/aromatic N) is 2. The number of hydrogen-bond acceptors (Lipinski definition) is 9. The SMILES string of the molecule is CCCCCCCCCCCCCCN(CCCCN(CCCCCCCCCCCCCC)CC(O)CNCCC(O)NCCCCCCCCCCCC)CC(O)CNCCC(C)NCCCCCCCCCCCC. The molecule has 0 aliphatic carbocycles. The molecule has 4 unspecified atom stereocenters. The lowest BCUT2D eigenvalue weighted by Crippen LogP contribution is -2.41. The molecular formula is C69H146N6O3. The molecule has 78 heavy (non-hydrogen) atoms. The summed E-state index contributed by atoms with van der Waals surface area (Å²) in [4.78, 5) is 5.10. The second-order valence-electron chi connectivity index (χ2n) is 25.1. The average Bonchev–Trinajstić information content (AvgIpc) is 3.43. The lowest BCUT2D eigenvalue weighted by atomic mass is 10.1. The molecule has 0 saturated carbocycles. The molecule has 0 saturated heterocycles. The van der Waals surface area contributed by atoms with Gasteiger partial charge in [0.25, 0.3) is 0 Å². The van der Waals surface area contributed by atoms with Crippen molar-refractivity contribution in [2.24, 2.45) is 0 Å². The molecular weight excluding hydrogens is 961 g/mol. The molecule has 7 N–H and O–H groups in total. The highest BCUT2D eigenvalue weighted by molar-refractivity contribution is 4.72. The zero-order chi connectivity index (χ0) is 56.7. The quantitative estimate of drug-likeness (QED) is 0.0236. The van der Waals surface area contributed by atoms with E-state index in [4.69, 9.17) is 0 Å². The molecule has 9 nitrogen and oxygen atoms in total. The molecule has 0 rings (SSSR count). The Balaban J connectivity index is 4.99. The first kappa shape index (κ1) is 77.6. The normalized spacial score (nSPS) is 13.6. The standard InChI is InChI=1S/C69H146N6O3/c1-6-10-14-18-22-26-30-32-36-40-44-48-58-74(64-67(76)62-70-56-52-66(5)72-54-46-42-38-34-28-24-20-16-12-8-3)60-50-51-61-75(59-49-45-41-37-33-31-27-23-19-15-11-7-2)65-68(77)63-71-57-53-69(78)73-55-47-43-39-35-29-25-21-17-13-9-4/h66-73,76-78H,6-65H2,1-5H3. The van der Waals surface area contributed by atoms with Crippen LogP contribution >= 0.6 is 0 Å². The number of hydrogen-bond donors (Lipinski definition) is 7. The summed E-state index contributed by atoms with van der Waals surface area (Å²) in [5, 5.41) is 47.3. The number of aliphatic hydroxyl groups is 3. The van der Waals surface area contributed by atoms with Gasteiger partial charge in [-0.3, -0.25) is 5.32 Å². The van der Waals surface area contributed by atoms with Crippen LogP contribution in [0, 0.1) is 0 Å². The van der Waals surface area contributed by atoms with Crippen LogP contribution < -0.4 is 21.3 Å². The van der Waals surface area contributed by atoms with Crippen molar-refractivity contribution in [3.63, 3.8) is 0 Å². The highest BCUT2D eigenvalue weighted by atomic mass is 16.3. The lowest BCUT2D eigenvalue weighted by Gasteiger charge is -2.28. The Labute approximate surface area is 490 Å². The van der Waals surface area contributed by atoms with E-state index in [9.17, 15) is 15.3 Å². The molecule has 0 aromatic carbocycles. The van der Waals surface area contributed by atoms with Gasteiger partial charge in [0.05, 0.1) is 12.2 Å². The van der Waals surface area contributed by atoms with E-state index >= 15 is 0 Å². The lowest BCUT2D eigenvalue weighted by molar-refractivity contribution is 0.0981. The van der Waals surface area contributed by atoms with Crippen LogP contribution in [0.25, 0.3) is 0 Å². The molecule has 0 bridgehead atoms. The maximum absolute atomic E-state index is 11.3. The van der Waals surface area contributed by atoms with Gasteiger partial charge < -0.3 is 41.1 Å². The molecule has 470 valence electrons. The largest absolute Gasteiger partial charge is 0.390 e. The van der Waals surface area contributed by atoms with Crippen LogP contribution in [0.2, 0.25) is 0 Å². The van der Waals surface area contributed by atoms with Gasteiger partial charge in [-0.25, -0.2) is 0 Å². The van der Waals surface area contributed by atoms with Crippen molar-refractivity contribution in [3.8, 4) is 0 Å². The Bertz CT molecular complexity index is 1010. The minimum atomic E-state index is -0.493. The first-order valence-electron chi connectivity index (χ1n) is 35.7. The fourth-order valence-corrected chi connectivity index (χ4v) is 11.5. The zero-order valence-corrected chi connectivity index (χ0v) is 54.0. The van der Waals surface area contributed by atoms with Crippen LogP contribution in [0.15, 0.2) is 0 Å². The predicted molar refractivity (Wildman–Crippen MR) is 346 cm³/mol. The summed E-state index contributed by atoms with van der Waals surface area (Å²) in [7, 11) is 0. The minimum absolute atomic E-state index is 0.358. The molecule has 0 aliphatic heterocycles. The third-order valence-corrected chi connectivity index (χ3v) is 16.8. The van der Waals surface area contributed by atoms with E-state index in [2.05, 4.69) is 65.7 Å². The Morgan fingerprint density at radius 3 is 0.833 bits per heavy atom. The molecule has 0 spiro atoms. The van der Waals surface area contributed by atoms with Crippen LogP contribution in [0.3, 0.4) is 0 Å². The summed E-state index contributed by atoms with van der Waals surface area (Å²) in [6.45, 7) is 22.0. The fraction of sp³-hybridized carbons (Fsp3) is 1.00. The van der Waals surface area contributed by atoms with E-state index in [0.717, 1.165) is 78.0 Å². The number of nitrogens with one attached hydrogen (secondary N) is 4. The molecule has 0 aromatic rings. The summed E-state index contributed by atoms with van der Waals surface area (Å²) < 4.78 is 0. The van der Waals surface area contributed by atoms with Gasteiger partial charge in [-0.15, -0.1) is 0 Å². The van der Waals surface area contributed by atoms with E-state index in [1.807, 2.05) is 0 Å². The van der Waals surface area contributed by atoms with Gasteiger partial charge >= 0.3 is 0 Å². The maximum Gasteiger partial charge on any atom is 0.106 e. The highest BCUT2D eigenvalue weighted by Gasteiger charge is 2.15. The fourth-order valence-electron chi connectivity index (χ4n) is 11.5. The van der Waals surface area contributed by atoms with Gasteiger partial charge in [0.2, 0.25) is 0 Å². The smallest absolute Gasteiger partial charge is 0.106 e. The second-order valence-corrected chi connectivity index (χ2v) is 25.1. The summed E-state index contributed by atoms with van der Waals surface area (Å²) in [5.74, 6) is 0. The van der Waals surface area contributed by atoms with Crippen molar-refractivity contribution in [2.45, 2.75) is 367 Å². The third-order valence-electron chi connectivity index (χ3n) is 16.8. The molecule has 0 radical (unpaired) electrons. The van der Waals surface area contributed by atoms with Crippen LogP contribution in [-0.4, -0.2) is 128 Å². The van der Waals surface area contributed by atoms with Gasteiger partial charge in [0, 0.05) is 32.2 Å². The number of aliphatic hydroxyl groups excluding tert-OH is 3. The number of unbranched alkanes of at least 4 members (excludes halogenated alkanes) is 41. The van der Waals surface area contributed by atoms with Gasteiger partial charge in [0.1, 0.15) is 6.23 Å². The monoisotopic (exact) mass is 1110 g/mol. The van der Waals surface area contributed by atoms with Crippen LogP contribution in [0.5, 0.6) is 0 Å². The van der Waals surface area contributed by atoms with E-state index in [1.54, 1.807) is 0 Å². The van der Waals surface area contributed by atoms with Gasteiger partial charge in [0.15, 0.2) is 0 Å². The molecule has 0 aromatic heterocycles. The van der Waals surface area contributed by atoms with E-state index < -0.39 is 12.3 Å². The van der Waals surface area contributed by atoms with Crippen molar-refractivity contribution >= 4 is 0 Å². The van der Waals surface area contributed by atoms with Gasteiger partial charge in [-0.05, 0) is 111 Å². The first-order valence-corrected chi connectivity index (χ1v) is 35.7. The Morgan fingerprint density at radius 2 is 0.526 bits per heavy atom. The highest BCUT2D eigenvalue weighted by Crippen LogP contribution is 2.16. The van der Waals surface area contributed by atoms with E-state index in [-0.39, 0.29) is 6.10 Å². The first-order chi connectivity index (χ1) is 38.4. The molecule has 0 heterocycles. The molecule has 0 amide bonds. The van der Waals surface area contributed by atoms with Crippen molar-refractivity contribution in [3.05, 3.63) is 0 Å². The van der Waals surface area contributed by atoms with Gasteiger partial charge in [-0.2, -0.15) is 0 Å². The minimum Gasteiger partial charge on any atom is -0.390 e. The topological polar surface area (TPSA) is 115 Å². The second kappa shape index (κ2) is 65.8. The molecule has 4 atom stereocenters. The Morgan fingerprint density at radius 1 is 0.282 bits per heavy atom. The summed E-state index contributed by atoms with van der Waals surface area (Å²) >= 11 is 0. The van der Waals surface area contributed by atoms with Crippen LogP contribution in [0.1, 0.15) is 343 Å². The summed E-state index contributed by atoms with van der Waals surface area (Å²) in [6.07, 6.45) is 62.5. The molecule has 0 aliphatic rings. The van der Waals surface area contributed by atoms with Crippen molar-refractivity contribution in [1.82, 2.24) is 31.1 Å². The van der Waals surface area contributed by atoms with Crippen LogP contribution in [-0.2, 0) is 0 Å².